The van der Waals surface area contributed by atoms with Crippen LogP contribution in [0.15, 0.2) is 47.8 Å². The van der Waals surface area contributed by atoms with E-state index in [-0.39, 0.29) is 16.3 Å². The van der Waals surface area contributed by atoms with Crippen LogP contribution in [0.5, 0.6) is 0 Å². The standard InChI is InChI=1S/C16H9Cl2N3O3S/c17-10-3-6-12(13(18)7-10)15(22)20-16-19-14(8-25-16)9-1-4-11(5-2-9)21(23)24/h1-8H,(H,19,20,22). The Morgan fingerprint density at radius 1 is 1.16 bits per heavy atom. The molecular weight excluding hydrogens is 385 g/mol. The minimum absolute atomic E-state index is 0.00452. The number of aromatic nitrogens is 1. The first kappa shape index (κ1) is 17.3. The summed E-state index contributed by atoms with van der Waals surface area (Å²) in [6.45, 7) is 0. The number of nitrogens with zero attached hydrogens (tertiary/aromatic N) is 2. The Hall–Kier alpha value is -2.48. The number of amides is 1. The highest BCUT2D eigenvalue weighted by Gasteiger charge is 2.14. The molecule has 0 saturated heterocycles. The molecule has 2 aromatic carbocycles. The van der Waals surface area contributed by atoms with Crippen molar-refractivity contribution in [2.75, 3.05) is 5.32 Å². The Morgan fingerprint density at radius 2 is 1.88 bits per heavy atom. The molecule has 25 heavy (non-hydrogen) atoms. The van der Waals surface area contributed by atoms with Gasteiger partial charge in [0.05, 0.1) is 21.2 Å². The average Bonchev–Trinajstić information content (AvgIpc) is 3.03. The van der Waals surface area contributed by atoms with Gasteiger partial charge in [-0.2, -0.15) is 0 Å². The molecule has 0 aliphatic carbocycles. The van der Waals surface area contributed by atoms with Gasteiger partial charge >= 0.3 is 0 Å². The van der Waals surface area contributed by atoms with Crippen LogP contribution in [0.2, 0.25) is 10.0 Å². The predicted octanol–water partition coefficient (Wildman–Crippen LogP) is 5.28. The van der Waals surface area contributed by atoms with E-state index in [4.69, 9.17) is 23.2 Å². The van der Waals surface area contributed by atoms with E-state index >= 15 is 0 Å². The number of thiazole rings is 1. The third-order valence-electron chi connectivity index (χ3n) is 3.27. The number of nitro groups is 1. The van der Waals surface area contributed by atoms with Crippen LogP contribution in [-0.4, -0.2) is 15.8 Å². The second-order valence-corrected chi connectivity index (χ2v) is 6.62. The number of nitro benzene ring substituents is 1. The number of halogens is 2. The smallest absolute Gasteiger partial charge is 0.269 e. The molecule has 0 atom stereocenters. The van der Waals surface area contributed by atoms with Crippen LogP contribution in [0.1, 0.15) is 10.4 Å². The molecule has 0 fully saturated rings. The van der Waals surface area contributed by atoms with Crippen molar-refractivity contribution in [1.29, 1.82) is 0 Å². The monoisotopic (exact) mass is 393 g/mol. The fraction of sp³-hybridized carbons (Fsp3) is 0. The first-order chi connectivity index (χ1) is 11.9. The lowest BCUT2D eigenvalue weighted by Gasteiger charge is -2.04. The van der Waals surface area contributed by atoms with Crippen LogP contribution >= 0.6 is 34.5 Å². The molecule has 9 heteroatoms. The first-order valence-corrected chi connectivity index (χ1v) is 8.54. The summed E-state index contributed by atoms with van der Waals surface area (Å²) in [5.41, 5.74) is 1.62. The number of carbonyl (C=O) groups excluding carboxylic acids is 1. The summed E-state index contributed by atoms with van der Waals surface area (Å²) in [7, 11) is 0. The number of non-ortho nitro benzene ring substituents is 1. The fourth-order valence-corrected chi connectivity index (χ4v) is 3.26. The molecule has 1 N–H and O–H groups in total. The summed E-state index contributed by atoms with van der Waals surface area (Å²) >= 11 is 13.1. The number of hydrogen-bond donors (Lipinski definition) is 1. The molecule has 0 bridgehead atoms. The van der Waals surface area contributed by atoms with Gasteiger partial charge in [0, 0.05) is 28.1 Å². The summed E-state index contributed by atoms with van der Waals surface area (Å²) in [5, 5.41) is 16.2. The van der Waals surface area contributed by atoms with Crippen molar-refractivity contribution < 1.29 is 9.72 Å². The van der Waals surface area contributed by atoms with Gasteiger partial charge < -0.3 is 0 Å². The SMILES string of the molecule is O=C(Nc1nc(-c2ccc([N+](=O)[O-])cc2)cs1)c1ccc(Cl)cc1Cl. The Morgan fingerprint density at radius 3 is 2.52 bits per heavy atom. The van der Waals surface area contributed by atoms with Gasteiger partial charge in [0.1, 0.15) is 0 Å². The van der Waals surface area contributed by atoms with Crippen molar-refractivity contribution in [1.82, 2.24) is 4.98 Å². The van der Waals surface area contributed by atoms with Crippen LogP contribution in [-0.2, 0) is 0 Å². The molecule has 1 amide bonds. The normalized spacial score (nSPS) is 10.5. The minimum Gasteiger partial charge on any atom is -0.298 e. The maximum atomic E-state index is 12.3. The van der Waals surface area contributed by atoms with Crippen LogP contribution in [0.4, 0.5) is 10.8 Å². The zero-order chi connectivity index (χ0) is 18.0. The maximum Gasteiger partial charge on any atom is 0.269 e. The number of benzene rings is 2. The molecule has 1 aromatic heterocycles. The summed E-state index contributed by atoms with van der Waals surface area (Å²) in [4.78, 5) is 26.8. The van der Waals surface area contributed by atoms with Crippen LogP contribution in [0.3, 0.4) is 0 Å². The summed E-state index contributed by atoms with van der Waals surface area (Å²) in [6, 6.07) is 10.6. The van der Waals surface area contributed by atoms with E-state index in [9.17, 15) is 14.9 Å². The van der Waals surface area contributed by atoms with Gasteiger partial charge in [0.2, 0.25) is 0 Å². The first-order valence-electron chi connectivity index (χ1n) is 6.91. The maximum absolute atomic E-state index is 12.3. The highest BCUT2D eigenvalue weighted by molar-refractivity contribution is 7.14. The summed E-state index contributed by atoms with van der Waals surface area (Å²) in [6.07, 6.45) is 0. The van der Waals surface area contributed by atoms with E-state index in [1.807, 2.05) is 0 Å². The summed E-state index contributed by atoms with van der Waals surface area (Å²) < 4.78 is 0. The minimum atomic E-state index is -0.466. The molecule has 3 aromatic rings. The van der Waals surface area contributed by atoms with Gasteiger partial charge in [-0.25, -0.2) is 4.98 Å². The Bertz CT molecular complexity index is 958. The fourth-order valence-electron chi connectivity index (χ4n) is 2.06. The van der Waals surface area contributed by atoms with Crippen molar-refractivity contribution in [2.24, 2.45) is 0 Å². The van der Waals surface area contributed by atoms with Gasteiger partial charge in [0.15, 0.2) is 5.13 Å². The molecular formula is C16H9Cl2N3O3S. The van der Waals surface area contributed by atoms with Gasteiger partial charge in [-0.15, -0.1) is 11.3 Å². The van der Waals surface area contributed by atoms with E-state index in [0.717, 1.165) is 0 Å². The lowest BCUT2D eigenvalue weighted by Crippen LogP contribution is -2.12. The Labute approximate surface area is 156 Å². The highest BCUT2D eigenvalue weighted by Crippen LogP contribution is 2.27. The quantitative estimate of drug-likeness (QED) is 0.482. The van der Waals surface area contributed by atoms with E-state index in [1.165, 1.54) is 35.6 Å². The van der Waals surface area contributed by atoms with Crippen molar-refractivity contribution in [3.63, 3.8) is 0 Å². The third-order valence-corrected chi connectivity index (χ3v) is 4.58. The van der Waals surface area contributed by atoms with Crippen molar-refractivity contribution in [3.05, 3.63) is 73.6 Å². The predicted molar refractivity (Wildman–Crippen MR) is 98.6 cm³/mol. The topological polar surface area (TPSA) is 85.1 Å². The Kier molecular flexibility index (Phi) is 4.98. The molecule has 6 nitrogen and oxygen atoms in total. The largest absolute Gasteiger partial charge is 0.298 e. The molecule has 0 spiro atoms. The van der Waals surface area contributed by atoms with Crippen LogP contribution in [0.25, 0.3) is 11.3 Å². The zero-order valence-electron chi connectivity index (χ0n) is 12.4. The van der Waals surface area contributed by atoms with Crippen LogP contribution < -0.4 is 5.32 Å². The number of nitrogens with one attached hydrogen (secondary N) is 1. The van der Waals surface area contributed by atoms with Crippen molar-refractivity contribution >= 4 is 51.3 Å². The molecule has 0 unspecified atom stereocenters. The lowest BCUT2D eigenvalue weighted by atomic mass is 10.1. The van der Waals surface area contributed by atoms with Crippen molar-refractivity contribution in [2.45, 2.75) is 0 Å². The number of carbonyl (C=O) groups is 1. The lowest BCUT2D eigenvalue weighted by molar-refractivity contribution is -0.384. The van der Waals surface area contributed by atoms with Crippen LogP contribution in [0, 0.1) is 10.1 Å². The highest BCUT2D eigenvalue weighted by atomic mass is 35.5. The van der Waals surface area contributed by atoms with Gasteiger partial charge in [-0.05, 0) is 30.3 Å². The third kappa shape index (κ3) is 3.96. The Balaban J connectivity index is 1.77. The van der Waals surface area contributed by atoms with Gasteiger partial charge in [-0.3, -0.25) is 20.2 Å². The summed E-state index contributed by atoms with van der Waals surface area (Å²) in [5.74, 6) is -0.397. The van der Waals surface area contributed by atoms with Gasteiger partial charge in [-0.1, -0.05) is 23.2 Å². The number of rotatable bonds is 4. The molecule has 1 heterocycles. The molecule has 126 valence electrons. The van der Waals surface area contributed by atoms with E-state index in [0.29, 0.717) is 21.4 Å². The van der Waals surface area contributed by atoms with Gasteiger partial charge in [0.25, 0.3) is 11.6 Å². The molecule has 0 saturated carbocycles. The number of anilines is 1. The zero-order valence-corrected chi connectivity index (χ0v) is 14.7. The van der Waals surface area contributed by atoms with E-state index in [1.54, 1.807) is 23.6 Å². The molecule has 0 radical (unpaired) electrons. The average molecular weight is 394 g/mol. The second kappa shape index (κ2) is 7.18. The second-order valence-electron chi connectivity index (χ2n) is 4.92. The molecule has 0 aliphatic rings. The van der Waals surface area contributed by atoms with Crippen molar-refractivity contribution in [3.8, 4) is 11.3 Å². The van der Waals surface area contributed by atoms with E-state index < -0.39 is 10.8 Å². The van der Waals surface area contributed by atoms with E-state index in [2.05, 4.69) is 10.3 Å². The number of hydrogen-bond acceptors (Lipinski definition) is 5. The molecule has 0 aliphatic heterocycles. The molecule has 3 rings (SSSR count).